The Morgan fingerprint density at radius 2 is 2.33 bits per heavy atom. The Bertz CT molecular complexity index is 400. The van der Waals surface area contributed by atoms with E-state index in [9.17, 15) is 0 Å². The van der Waals surface area contributed by atoms with Crippen molar-refractivity contribution in [2.45, 2.75) is 51.7 Å². The highest BCUT2D eigenvalue weighted by Crippen LogP contribution is 2.19. The Morgan fingerprint density at radius 3 is 3.06 bits per heavy atom. The summed E-state index contributed by atoms with van der Waals surface area (Å²) in [6.45, 7) is 5.01. The number of aromatic nitrogens is 2. The van der Waals surface area contributed by atoms with E-state index in [4.69, 9.17) is 16.3 Å². The van der Waals surface area contributed by atoms with E-state index in [1.165, 1.54) is 0 Å². The minimum Gasteiger partial charge on any atom is -0.378 e. The molecule has 1 N–H and O–H groups in total. The van der Waals surface area contributed by atoms with Crippen LogP contribution in [0.2, 0.25) is 5.15 Å². The molecule has 2 unspecified atom stereocenters. The van der Waals surface area contributed by atoms with E-state index in [1.807, 2.05) is 0 Å². The van der Waals surface area contributed by atoms with Gasteiger partial charge in [0.25, 0.3) is 0 Å². The largest absolute Gasteiger partial charge is 0.378 e. The molecule has 1 aromatic rings. The average Bonchev–Trinajstić information content (AvgIpc) is 2.28. The molecule has 1 fully saturated rings. The Balaban J connectivity index is 2.03. The van der Waals surface area contributed by atoms with Gasteiger partial charge in [0, 0.05) is 25.1 Å². The van der Waals surface area contributed by atoms with Gasteiger partial charge in [-0.1, -0.05) is 18.5 Å². The molecule has 18 heavy (non-hydrogen) atoms. The number of hydrogen-bond acceptors (Lipinski definition) is 4. The highest BCUT2D eigenvalue weighted by atomic mass is 35.5. The molecule has 2 heterocycles. The first-order valence-corrected chi connectivity index (χ1v) is 6.96. The standard InChI is InChI=1S/C13H20ClN3O/c1-3-4-12-16-11(14)8-13(17-12)15-10-5-6-18-9(2)7-10/h8-10H,3-7H2,1-2H3,(H,15,16,17). The molecular formula is C13H20ClN3O. The van der Waals surface area contributed by atoms with Crippen molar-refractivity contribution in [2.75, 3.05) is 11.9 Å². The Hall–Kier alpha value is -0.870. The van der Waals surface area contributed by atoms with Gasteiger partial charge in [0.05, 0.1) is 6.10 Å². The number of nitrogens with one attached hydrogen (secondary N) is 1. The molecule has 2 atom stereocenters. The zero-order chi connectivity index (χ0) is 13.0. The summed E-state index contributed by atoms with van der Waals surface area (Å²) in [4.78, 5) is 8.72. The fourth-order valence-electron chi connectivity index (χ4n) is 2.21. The Morgan fingerprint density at radius 1 is 1.50 bits per heavy atom. The molecule has 0 amide bonds. The second-order valence-electron chi connectivity index (χ2n) is 4.79. The number of aryl methyl sites for hydroxylation is 1. The molecule has 1 aliphatic heterocycles. The van der Waals surface area contributed by atoms with E-state index in [2.05, 4.69) is 29.1 Å². The van der Waals surface area contributed by atoms with Gasteiger partial charge in [0.2, 0.25) is 0 Å². The third-order valence-corrected chi connectivity index (χ3v) is 3.25. The quantitative estimate of drug-likeness (QED) is 0.854. The first-order chi connectivity index (χ1) is 8.67. The molecule has 0 saturated carbocycles. The summed E-state index contributed by atoms with van der Waals surface area (Å²) in [7, 11) is 0. The highest BCUT2D eigenvalue weighted by Gasteiger charge is 2.19. The molecule has 0 spiro atoms. The van der Waals surface area contributed by atoms with Gasteiger partial charge in [-0.15, -0.1) is 0 Å². The molecule has 0 aromatic carbocycles. The lowest BCUT2D eigenvalue weighted by molar-refractivity contribution is 0.0232. The first kappa shape index (κ1) is 13.6. The zero-order valence-electron chi connectivity index (χ0n) is 10.9. The highest BCUT2D eigenvalue weighted by molar-refractivity contribution is 6.29. The van der Waals surface area contributed by atoms with Crippen molar-refractivity contribution >= 4 is 17.4 Å². The number of halogens is 1. The molecule has 1 saturated heterocycles. The summed E-state index contributed by atoms with van der Waals surface area (Å²) < 4.78 is 5.53. The van der Waals surface area contributed by atoms with Crippen LogP contribution in [0, 0.1) is 0 Å². The molecule has 5 heteroatoms. The van der Waals surface area contributed by atoms with Crippen LogP contribution >= 0.6 is 11.6 Å². The number of anilines is 1. The number of ether oxygens (including phenoxy) is 1. The molecular weight excluding hydrogens is 250 g/mol. The van der Waals surface area contributed by atoms with Crippen molar-refractivity contribution in [3.63, 3.8) is 0 Å². The molecule has 100 valence electrons. The van der Waals surface area contributed by atoms with E-state index in [0.717, 1.165) is 43.9 Å². The average molecular weight is 270 g/mol. The number of nitrogens with zero attached hydrogens (tertiary/aromatic N) is 2. The third kappa shape index (κ3) is 3.82. The lowest BCUT2D eigenvalue weighted by Crippen LogP contribution is -2.32. The van der Waals surface area contributed by atoms with Crippen LogP contribution in [0.3, 0.4) is 0 Å². The van der Waals surface area contributed by atoms with Gasteiger partial charge in [-0.05, 0) is 26.2 Å². The molecule has 0 radical (unpaired) electrons. The van der Waals surface area contributed by atoms with Crippen LogP contribution in [-0.4, -0.2) is 28.7 Å². The normalized spacial score (nSPS) is 23.9. The summed E-state index contributed by atoms with van der Waals surface area (Å²) in [5.41, 5.74) is 0. The van der Waals surface area contributed by atoms with Crippen molar-refractivity contribution in [1.29, 1.82) is 0 Å². The summed E-state index contributed by atoms with van der Waals surface area (Å²) in [6, 6.07) is 2.20. The maximum absolute atomic E-state index is 6.02. The lowest BCUT2D eigenvalue weighted by atomic mass is 10.0. The van der Waals surface area contributed by atoms with E-state index in [1.54, 1.807) is 6.07 Å². The number of hydrogen-bond donors (Lipinski definition) is 1. The van der Waals surface area contributed by atoms with Gasteiger partial charge in [-0.25, -0.2) is 9.97 Å². The van der Waals surface area contributed by atoms with Crippen molar-refractivity contribution < 1.29 is 4.74 Å². The van der Waals surface area contributed by atoms with Crippen LogP contribution in [0.1, 0.15) is 38.9 Å². The SMILES string of the molecule is CCCc1nc(Cl)cc(NC2CCOC(C)C2)n1. The second-order valence-corrected chi connectivity index (χ2v) is 5.18. The second kappa shape index (κ2) is 6.34. The zero-order valence-corrected chi connectivity index (χ0v) is 11.7. The van der Waals surface area contributed by atoms with Crippen molar-refractivity contribution in [1.82, 2.24) is 9.97 Å². The molecule has 1 aromatic heterocycles. The molecule has 1 aliphatic rings. The van der Waals surface area contributed by atoms with Gasteiger partial charge in [-0.2, -0.15) is 0 Å². The topological polar surface area (TPSA) is 47.0 Å². The van der Waals surface area contributed by atoms with Gasteiger partial charge in [-0.3, -0.25) is 0 Å². The summed E-state index contributed by atoms with van der Waals surface area (Å²) in [5, 5.41) is 3.95. The van der Waals surface area contributed by atoms with E-state index in [-0.39, 0.29) is 0 Å². The van der Waals surface area contributed by atoms with Crippen LogP contribution in [0.15, 0.2) is 6.07 Å². The van der Waals surface area contributed by atoms with E-state index in [0.29, 0.717) is 17.3 Å². The van der Waals surface area contributed by atoms with Crippen LogP contribution in [0.4, 0.5) is 5.82 Å². The minimum absolute atomic E-state index is 0.309. The van der Waals surface area contributed by atoms with Gasteiger partial charge >= 0.3 is 0 Å². The monoisotopic (exact) mass is 269 g/mol. The van der Waals surface area contributed by atoms with Gasteiger partial charge in [0.15, 0.2) is 0 Å². The van der Waals surface area contributed by atoms with Crippen LogP contribution in [0.5, 0.6) is 0 Å². The van der Waals surface area contributed by atoms with Crippen LogP contribution in [0.25, 0.3) is 0 Å². The summed E-state index contributed by atoms with van der Waals surface area (Å²) >= 11 is 6.02. The predicted octanol–water partition coefficient (Wildman–Crippen LogP) is 3.06. The third-order valence-electron chi connectivity index (χ3n) is 3.05. The minimum atomic E-state index is 0.309. The maximum atomic E-state index is 6.02. The Labute approximate surface area is 113 Å². The summed E-state index contributed by atoms with van der Waals surface area (Å²) in [5.74, 6) is 1.64. The fraction of sp³-hybridized carbons (Fsp3) is 0.692. The van der Waals surface area contributed by atoms with Gasteiger partial charge < -0.3 is 10.1 Å². The van der Waals surface area contributed by atoms with Crippen molar-refractivity contribution in [3.05, 3.63) is 17.0 Å². The van der Waals surface area contributed by atoms with Crippen molar-refractivity contribution in [2.24, 2.45) is 0 Å². The van der Waals surface area contributed by atoms with Crippen molar-refractivity contribution in [3.8, 4) is 0 Å². The first-order valence-electron chi connectivity index (χ1n) is 6.59. The van der Waals surface area contributed by atoms with E-state index >= 15 is 0 Å². The maximum Gasteiger partial charge on any atom is 0.134 e. The fourth-order valence-corrected chi connectivity index (χ4v) is 2.41. The van der Waals surface area contributed by atoms with E-state index < -0.39 is 0 Å². The Kier molecular flexibility index (Phi) is 4.78. The number of rotatable bonds is 4. The molecule has 0 aliphatic carbocycles. The predicted molar refractivity (Wildman–Crippen MR) is 73.1 cm³/mol. The molecule has 2 rings (SSSR count). The smallest absolute Gasteiger partial charge is 0.134 e. The lowest BCUT2D eigenvalue weighted by Gasteiger charge is -2.28. The molecule has 4 nitrogen and oxygen atoms in total. The summed E-state index contributed by atoms with van der Waals surface area (Å²) in [6.07, 6.45) is 4.21. The van der Waals surface area contributed by atoms with Crippen LogP contribution < -0.4 is 5.32 Å². The van der Waals surface area contributed by atoms with Crippen LogP contribution in [-0.2, 0) is 11.2 Å². The van der Waals surface area contributed by atoms with Gasteiger partial charge in [0.1, 0.15) is 16.8 Å². The molecule has 0 bridgehead atoms.